The molecule has 2 heteroatoms. The van der Waals surface area contributed by atoms with Crippen LogP contribution in [0.4, 0.5) is 0 Å². The lowest BCUT2D eigenvalue weighted by atomic mass is 10.1. The van der Waals surface area contributed by atoms with Crippen molar-refractivity contribution in [2.75, 3.05) is 0 Å². The number of hydrogen-bond acceptors (Lipinski definition) is 1. The summed E-state index contributed by atoms with van der Waals surface area (Å²) in [6, 6.07) is 9.03. The first-order valence-electron chi connectivity index (χ1n) is 4.21. The van der Waals surface area contributed by atoms with Crippen molar-refractivity contribution in [2.24, 2.45) is 0 Å². The van der Waals surface area contributed by atoms with E-state index in [2.05, 4.69) is 0 Å². The van der Waals surface area contributed by atoms with Crippen LogP contribution in [-0.4, -0.2) is 5.78 Å². The lowest BCUT2D eigenvalue weighted by Gasteiger charge is -1.97. The smallest absolute Gasteiger partial charge is 0.204 e. The maximum absolute atomic E-state index is 11.5. The van der Waals surface area contributed by atoms with Crippen molar-refractivity contribution >= 4 is 17.4 Å². The van der Waals surface area contributed by atoms with Gasteiger partial charge in [0.2, 0.25) is 5.78 Å². The number of benzene rings is 1. The molecule has 68 valence electrons. The Bertz CT molecular complexity index is 314. The molecule has 0 unspecified atom stereocenters. The molecule has 13 heavy (non-hydrogen) atoms. The van der Waals surface area contributed by atoms with Crippen LogP contribution in [0.3, 0.4) is 0 Å². The van der Waals surface area contributed by atoms with Crippen LogP contribution < -0.4 is 0 Å². The zero-order chi connectivity index (χ0) is 9.68. The van der Waals surface area contributed by atoms with Gasteiger partial charge in [0.15, 0.2) is 0 Å². The van der Waals surface area contributed by atoms with Crippen LogP contribution in [0, 0.1) is 0 Å². The monoisotopic (exact) mass is 194 g/mol. The van der Waals surface area contributed by atoms with E-state index in [1.54, 1.807) is 18.2 Å². The van der Waals surface area contributed by atoms with Gasteiger partial charge in [-0.15, -0.1) is 0 Å². The standard InChI is InChI=1S/C11H11ClO/c1-2-6-10(12)11(13)9-7-4-3-5-8-9/h3-8H,2H2,1H3. The Hall–Kier alpha value is -1.08. The van der Waals surface area contributed by atoms with Gasteiger partial charge in [0.05, 0.1) is 5.03 Å². The molecule has 0 heterocycles. The van der Waals surface area contributed by atoms with Gasteiger partial charge in [0, 0.05) is 5.56 Å². The summed E-state index contributed by atoms with van der Waals surface area (Å²) in [6.07, 6.45) is 2.49. The average Bonchev–Trinajstić information content (AvgIpc) is 2.18. The predicted octanol–water partition coefficient (Wildman–Crippen LogP) is 3.40. The number of halogens is 1. The van der Waals surface area contributed by atoms with E-state index < -0.39 is 0 Å². The quantitative estimate of drug-likeness (QED) is 0.533. The largest absolute Gasteiger partial charge is 0.288 e. The second-order valence-electron chi connectivity index (χ2n) is 2.66. The number of allylic oxidation sites excluding steroid dienone is 2. The molecule has 0 atom stereocenters. The lowest BCUT2D eigenvalue weighted by molar-refractivity contribution is 0.104. The molecule has 1 nitrogen and oxygen atoms in total. The van der Waals surface area contributed by atoms with Crippen LogP contribution in [0.5, 0.6) is 0 Å². The molecule has 1 aromatic carbocycles. The van der Waals surface area contributed by atoms with E-state index in [0.717, 1.165) is 6.42 Å². The van der Waals surface area contributed by atoms with Crippen molar-refractivity contribution in [2.45, 2.75) is 13.3 Å². The topological polar surface area (TPSA) is 17.1 Å². The molecule has 0 aliphatic heterocycles. The van der Waals surface area contributed by atoms with Crippen molar-refractivity contribution in [3.05, 3.63) is 47.0 Å². The molecular formula is C11H11ClO. The highest BCUT2D eigenvalue weighted by atomic mass is 35.5. The normalized spacial score (nSPS) is 11.4. The van der Waals surface area contributed by atoms with E-state index >= 15 is 0 Å². The predicted molar refractivity (Wildman–Crippen MR) is 55.0 cm³/mol. The van der Waals surface area contributed by atoms with Crippen LogP contribution in [0.2, 0.25) is 0 Å². The van der Waals surface area contributed by atoms with Gasteiger partial charge in [-0.1, -0.05) is 54.9 Å². The van der Waals surface area contributed by atoms with Gasteiger partial charge in [-0.05, 0) is 6.42 Å². The number of Topliss-reactive ketones (excluding diaryl/α,β-unsaturated/α-hetero) is 1. The summed E-state index contributed by atoms with van der Waals surface area (Å²) in [5.74, 6) is -0.107. The fourth-order valence-corrected chi connectivity index (χ4v) is 1.26. The molecule has 0 spiro atoms. The molecule has 0 bridgehead atoms. The third kappa shape index (κ3) is 2.71. The van der Waals surface area contributed by atoms with Gasteiger partial charge in [0.25, 0.3) is 0 Å². The number of ketones is 1. The van der Waals surface area contributed by atoms with E-state index in [4.69, 9.17) is 11.6 Å². The Morgan fingerprint density at radius 1 is 1.38 bits per heavy atom. The first kappa shape index (κ1) is 10.0. The summed E-state index contributed by atoms with van der Waals surface area (Å²) in [6.45, 7) is 1.95. The average molecular weight is 195 g/mol. The maximum atomic E-state index is 11.5. The minimum atomic E-state index is -0.107. The third-order valence-electron chi connectivity index (χ3n) is 1.64. The first-order chi connectivity index (χ1) is 6.25. The van der Waals surface area contributed by atoms with Crippen molar-refractivity contribution in [1.29, 1.82) is 0 Å². The Labute approximate surface area is 83.0 Å². The van der Waals surface area contributed by atoms with E-state index in [-0.39, 0.29) is 5.78 Å². The van der Waals surface area contributed by atoms with Gasteiger partial charge in [-0.3, -0.25) is 4.79 Å². The molecule has 1 rings (SSSR count). The van der Waals surface area contributed by atoms with Crippen LogP contribution in [-0.2, 0) is 0 Å². The summed E-state index contributed by atoms with van der Waals surface area (Å²) in [5, 5.41) is 0.300. The molecule has 0 aliphatic rings. The molecule has 1 aromatic rings. The minimum Gasteiger partial charge on any atom is -0.288 e. The minimum absolute atomic E-state index is 0.107. The van der Waals surface area contributed by atoms with Crippen molar-refractivity contribution in [3.63, 3.8) is 0 Å². The van der Waals surface area contributed by atoms with E-state index in [1.807, 2.05) is 25.1 Å². The summed E-state index contributed by atoms with van der Waals surface area (Å²) in [4.78, 5) is 11.5. The summed E-state index contributed by atoms with van der Waals surface area (Å²) in [5.41, 5.74) is 0.636. The van der Waals surface area contributed by atoms with Crippen molar-refractivity contribution < 1.29 is 4.79 Å². The fraction of sp³-hybridized carbons (Fsp3) is 0.182. The second-order valence-corrected chi connectivity index (χ2v) is 3.06. The summed E-state index contributed by atoms with van der Waals surface area (Å²) in [7, 11) is 0. The third-order valence-corrected chi connectivity index (χ3v) is 1.96. The van der Waals surface area contributed by atoms with Gasteiger partial charge in [0.1, 0.15) is 0 Å². The van der Waals surface area contributed by atoms with Gasteiger partial charge in [-0.2, -0.15) is 0 Å². The highest BCUT2D eigenvalue weighted by molar-refractivity contribution is 6.45. The van der Waals surface area contributed by atoms with Gasteiger partial charge < -0.3 is 0 Å². The zero-order valence-electron chi connectivity index (χ0n) is 7.46. The van der Waals surface area contributed by atoms with E-state index in [1.165, 1.54) is 0 Å². The highest BCUT2D eigenvalue weighted by Gasteiger charge is 2.07. The molecule has 0 amide bonds. The number of carbonyl (C=O) groups excluding carboxylic acids is 1. The van der Waals surface area contributed by atoms with Crippen molar-refractivity contribution in [1.82, 2.24) is 0 Å². The van der Waals surface area contributed by atoms with E-state index in [9.17, 15) is 4.79 Å². The molecule has 0 aliphatic carbocycles. The summed E-state index contributed by atoms with van der Waals surface area (Å²) >= 11 is 5.78. The van der Waals surface area contributed by atoms with Crippen LogP contribution in [0.25, 0.3) is 0 Å². The summed E-state index contributed by atoms with van der Waals surface area (Å²) < 4.78 is 0. The van der Waals surface area contributed by atoms with Crippen LogP contribution in [0.15, 0.2) is 41.4 Å². The first-order valence-corrected chi connectivity index (χ1v) is 4.59. The highest BCUT2D eigenvalue weighted by Crippen LogP contribution is 2.12. The zero-order valence-corrected chi connectivity index (χ0v) is 8.21. The number of hydrogen-bond donors (Lipinski definition) is 0. The Balaban J connectivity index is 2.86. The van der Waals surface area contributed by atoms with Gasteiger partial charge >= 0.3 is 0 Å². The second kappa shape index (κ2) is 4.83. The fourth-order valence-electron chi connectivity index (χ4n) is 0.999. The van der Waals surface area contributed by atoms with Gasteiger partial charge in [-0.25, -0.2) is 0 Å². The van der Waals surface area contributed by atoms with Crippen LogP contribution in [0.1, 0.15) is 23.7 Å². The molecule has 0 saturated carbocycles. The molecule has 0 saturated heterocycles. The molecule has 0 aromatic heterocycles. The Morgan fingerprint density at radius 2 is 2.00 bits per heavy atom. The molecule has 0 fully saturated rings. The lowest BCUT2D eigenvalue weighted by Crippen LogP contribution is -1.97. The molecule has 0 radical (unpaired) electrons. The molecule has 0 N–H and O–H groups in total. The number of carbonyl (C=O) groups is 1. The number of rotatable bonds is 3. The van der Waals surface area contributed by atoms with Crippen molar-refractivity contribution in [3.8, 4) is 0 Å². The molecular weight excluding hydrogens is 184 g/mol. The maximum Gasteiger partial charge on any atom is 0.204 e. The Kier molecular flexibility index (Phi) is 3.71. The van der Waals surface area contributed by atoms with Crippen LogP contribution >= 0.6 is 11.6 Å². The van der Waals surface area contributed by atoms with E-state index in [0.29, 0.717) is 10.6 Å². The SMILES string of the molecule is CCC=C(Cl)C(=O)c1ccccc1. The Morgan fingerprint density at radius 3 is 2.54 bits per heavy atom.